The van der Waals surface area contributed by atoms with Crippen LogP contribution in [0, 0.1) is 0 Å². The SMILES string of the molecule is O=C(c1cccn(Cc2ccccc2)c1=O)N1CCCC1c1cccc(Br)c1. The van der Waals surface area contributed by atoms with Gasteiger partial charge in [-0.25, -0.2) is 0 Å². The molecule has 0 aliphatic carbocycles. The average Bonchev–Trinajstić information content (AvgIpc) is 3.20. The van der Waals surface area contributed by atoms with Crippen LogP contribution in [0.5, 0.6) is 0 Å². The molecular formula is C23H21BrN2O2. The second kappa shape index (κ2) is 8.15. The van der Waals surface area contributed by atoms with Crippen molar-refractivity contribution in [1.82, 2.24) is 9.47 Å². The summed E-state index contributed by atoms with van der Waals surface area (Å²) in [7, 11) is 0. The summed E-state index contributed by atoms with van der Waals surface area (Å²) in [6, 6.07) is 21.3. The Labute approximate surface area is 172 Å². The van der Waals surface area contributed by atoms with Crippen molar-refractivity contribution < 1.29 is 4.79 Å². The molecule has 1 unspecified atom stereocenters. The van der Waals surface area contributed by atoms with Crippen molar-refractivity contribution in [2.45, 2.75) is 25.4 Å². The van der Waals surface area contributed by atoms with Gasteiger partial charge in [0, 0.05) is 17.2 Å². The predicted molar refractivity (Wildman–Crippen MR) is 113 cm³/mol. The lowest BCUT2D eigenvalue weighted by Gasteiger charge is -2.25. The van der Waals surface area contributed by atoms with Crippen LogP contribution in [0.15, 0.2) is 82.2 Å². The lowest BCUT2D eigenvalue weighted by Crippen LogP contribution is -2.36. The standard InChI is InChI=1S/C23H21BrN2O2/c24-19-10-4-9-18(15-19)21-12-6-14-26(21)23(28)20-11-5-13-25(22(20)27)16-17-7-2-1-3-8-17/h1-5,7-11,13,15,21H,6,12,14,16H2. The fourth-order valence-corrected chi connectivity index (χ4v) is 4.25. The second-order valence-corrected chi connectivity index (χ2v) is 7.97. The normalized spacial score (nSPS) is 16.3. The molecule has 1 aliphatic rings. The zero-order chi connectivity index (χ0) is 19.5. The Balaban J connectivity index is 1.62. The van der Waals surface area contributed by atoms with Crippen LogP contribution >= 0.6 is 15.9 Å². The molecule has 0 N–H and O–H groups in total. The largest absolute Gasteiger partial charge is 0.331 e. The molecule has 1 amide bonds. The van der Waals surface area contributed by atoms with Gasteiger partial charge in [-0.05, 0) is 48.2 Å². The number of likely N-dealkylation sites (tertiary alicyclic amines) is 1. The third kappa shape index (κ3) is 3.80. The molecule has 1 aromatic heterocycles. The molecule has 5 heteroatoms. The number of pyridine rings is 1. The first-order chi connectivity index (χ1) is 13.6. The maximum atomic E-state index is 13.2. The minimum atomic E-state index is -0.240. The van der Waals surface area contributed by atoms with Crippen molar-refractivity contribution in [2.75, 3.05) is 6.54 Å². The first-order valence-corrected chi connectivity index (χ1v) is 10.2. The van der Waals surface area contributed by atoms with E-state index in [0.717, 1.165) is 28.4 Å². The second-order valence-electron chi connectivity index (χ2n) is 7.05. The molecule has 2 heterocycles. The van der Waals surface area contributed by atoms with Gasteiger partial charge in [0.25, 0.3) is 11.5 Å². The highest BCUT2D eigenvalue weighted by atomic mass is 79.9. The zero-order valence-corrected chi connectivity index (χ0v) is 17.0. The van der Waals surface area contributed by atoms with Crippen molar-refractivity contribution in [3.8, 4) is 0 Å². The highest BCUT2D eigenvalue weighted by molar-refractivity contribution is 9.10. The Kier molecular flexibility index (Phi) is 5.44. The average molecular weight is 437 g/mol. The summed E-state index contributed by atoms with van der Waals surface area (Å²) in [6.45, 7) is 1.12. The van der Waals surface area contributed by atoms with Gasteiger partial charge in [0.2, 0.25) is 0 Å². The minimum absolute atomic E-state index is 0.00665. The predicted octanol–water partition coefficient (Wildman–Crippen LogP) is 4.64. The number of halogens is 1. The van der Waals surface area contributed by atoms with Crippen LogP contribution in [-0.2, 0) is 6.54 Å². The van der Waals surface area contributed by atoms with Gasteiger partial charge in [0.15, 0.2) is 0 Å². The number of nitrogens with zero attached hydrogens (tertiary/aromatic N) is 2. The quantitative estimate of drug-likeness (QED) is 0.597. The van der Waals surface area contributed by atoms with Gasteiger partial charge in [-0.2, -0.15) is 0 Å². The van der Waals surface area contributed by atoms with E-state index in [-0.39, 0.29) is 23.1 Å². The first kappa shape index (κ1) is 18.7. The summed E-state index contributed by atoms with van der Waals surface area (Å²) in [5.41, 5.74) is 2.12. The number of carbonyl (C=O) groups excluding carboxylic acids is 1. The molecule has 1 atom stereocenters. The molecule has 1 saturated heterocycles. The molecule has 28 heavy (non-hydrogen) atoms. The lowest BCUT2D eigenvalue weighted by molar-refractivity contribution is 0.0733. The molecule has 2 aromatic carbocycles. The number of amides is 1. The third-order valence-corrected chi connectivity index (χ3v) is 5.69. The van der Waals surface area contributed by atoms with Crippen molar-refractivity contribution in [1.29, 1.82) is 0 Å². The maximum Gasteiger partial charge on any atom is 0.263 e. The number of carbonyl (C=O) groups is 1. The third-order valence-electron chi connectivity index (χ3n) is 5.19. The summed E-state index contributed by atoms with van der Waals surface area (Å²) in [4.78, 5) is 28.1. The monoisotopic (exact) mass is 436 g/mol. The Morgan fingerprint density at radius 3 is 2.64 bits per heavy atom. The molecule has 3 aromatic rings. The van der Waals surface area contributed by atoms with Gasteiger partial charge in [0.05, 0.1) is 12.6 Å². The Morgan fingerprint density at radius 1 is 1.04 bits per heavy atom. The molecule has 4 nitrogen and oxygen atoms in total. The number of benzene rings is 2. The smallest absolute Gasteiger partial charge is 0.263 e. The van der Waals surface area contributed by atoms with Crippen molar-refractivity contribution in [3.63, 3.8) is 0 Å². The lowest BCUT2D eigenvalue weighted by atomic mass is 10.0. The Morgan fingerprint density at radius 2 is 1.86 bits per heavy atom. The fourth-order valence-electron chi connectivity index (χ4n) is 3.83. The van der Waals surface area contributed by atoms with E-state index in [4.69, 9.17) is 0 Å². The van der Waals surface area contributed by atoms with E-state index in [1.165, 1.54) is 0 Å². The highest BCUT2D eigenvalue weighted by Crippen LogP contribution is 2.33. The molecule has 0 saturated carbocycles. The van der Waals surface area contributed by atoms with Gasteiger partial charge < -0.3 is 9.47 Å². The number of hydrogen-bond donors (Lipinski definition) is 0. The number of aromatic nitrogens is 1. The summed E-state index contributed by atoms with van der Waals surface area (Å²) in [5, 5.41) is 0. The fraction of sp³-hybridized carbons (Fsp3) is 0.217. The molecule has 142 valence electrons. The van der Waals surface area contributed by atoms with Crippen molar-refractivity contribution >= 4 is 21.8 Å². The molecule has 4 rings (SSSR count). The van der Waals surface area contributed by atoms with E-state index in [9.17, 15) is 9.59 Å². The van der Waals surface area contributed by atoms with E-state index in [0.29, 0.717) is 13.1 Å². The topological polar surface area (TPSA) is 42.3 Å². The van der Waals surface area contributed by atoms with Crippen LogP contribution < -0.4 is 5.56 Å². The molecule has 0 bridgehead atoms. The first-order valence-electron chi connectivity index (χ1n) is 9.43. The molecule has 0 spiro atoms. The van der Waals surface area contributed by atoms with E-state index in [1.54, 1.807) is 22.9 Å². The van der Waals surface area contributed by atoms with Gasteiger partial charge in [-0.1, -0.05) is 58.4 Å². The van der Waals surface area contributed by atoms with Gasteiger partial charge in [-0.3, -0.25) is 9.59 Å². The molecule has 1 fully saturated rings. The van der Waals surface area contributed by atoms with Gasteiger partial charge >= 0.3 is 0 Å². The van der Waals surface area contributed by atoms with Crippen LogP contribution in [0.1, 0.15) is 40.4 Å². The van der Waals surface area contributed by atoms with Crippen LogP contribution in [-0.4, -0.2) is 21.9 Å². The summed E-state index contributed by atoms with van der Waals surface area (Å²) in [6.07, 6.45) is 3.59. The summed E-state index contributed by atoms with van der Waals surface area (Å²) < 4.78 is 2.60. The number of hydrogen-bond acceptors (Lipinski definition) is 2. The maximum absolute atomic E-state index is 13.2. The van der Waals surface area contributed by atoms with E-state index in [1.807, 2.05) is 53.4 Å². The van der Waals surface area contributed by atoms with Crippen molar-refractivity contribution in [2.24, 2.45) is 0 Å². The van der Waals surface area contributed by atoms with Crippen LogP contribution in [0.25, 0.3) is 0 Å². The van der Waals surface area contributed by atoms with E-state index in [2.05, 4.69) is 22.0 Å². The van der Waals surface area contributed by atoms with Crippen molar-refractivity contribution in [3.05, 3.63) is 104 Å². The van der Waals surface area contributed by atoms with Crippen LogP contribution in [0.4, 0.5) is 0 Å². The van der Waals surface area contributed by atoms with E-state index >= 15 is 0 Å². The Hall–Kier alpha value is -2.66. The van der Waals surface area contributed by atoms with Crippen LogP contribution in [0.2, 0.25) is 0 Å². The van der Waals surface area contributed by atoms with Gasteiger partial charge in [0.1, 0.15) is 5.56 Å². The molecular weight excluding hydrogens is 416 g/mol. The Bertz CT molecular complexity index is 1050. The highest BCUT2D eigenvalue weighted by Gasteiger charge is 2.32. The summed E-state index contributed by atoms with van der Waals surface area (Å²) >= 11 is 3.51. The molecule has 0 radical (unpaired) electrons. The van der Waals surface area contributed by atoms with E-state index < -0.39 is 0 Å². The number of rotatable bonds is 4. The van der Waals surface area contributed by atoms with Crippen LogP contribution in [0.3, 0.4) is 0 Å². The van der Waals surface area contributed by atoms with Gasteiger partial charge in [-0.15, -0.1) is 0 Å². The minimum Gasteiger partial charge on any atom is -0.331 e. The molecule has 1 aliphatic heterocycles. The zero-order valence-electron chi connectivity index (χ0n) is 15.4. The summed E-state index contributed by atoms with van der Waals surface area (Å²) in [5.74, 6) is -0.185.